The van der Waals surface area contributed by atoms with Crippen molar-refractivity contribution in [1.29, 1.82) is 0 Å². The molecule has 1 aromatic heterocycles. The fraction of sp³-hybridized carbons (Fsp3) is 0.0909. The van der Waals surface area contributed by atoms with E-state index >= 15 is 0 Å². The number of halogens is 3. The average molecular weight is 377 g/mol. The van der Waals surface area contributed by atoms with Crippen molar-refractivity contribution in [3.8, 4) is 11.4 Å². The van der Waals surface area contributed by atoms with Gasteiger partial charge in [-0.1, -0.05) is 11.6 Å². The third-order valence-corrected chi connectivity index (χ3v) is 3.62. The normalized spacial score (nSPS) is 10.4. The highest BCUT2D eigenvalue weighted by Gasteiger charge is 2.09. The fourth-order valence-corrected chi connectivity index (χ4v) is 2.59. The molecule has 0 atom stereocenters. The first-order valence-corrected chi connectivity index (χ1v) is 6.74. The maximum Gasteiger partial charge on any atom is 0.162 e. The van der Waals surface area contributed by atoms with E-state index in [1.165, 1.54) is 0 Å². The molecule has 1 aromatic carbocycles. The minimum absolute atomic E-state index is 0.640. The van der Waals surface area contributed by atoms with Gasteiger partial charge in [-0.3, -0.25) is 0 Å². The van der Waals surface area contributed by atoms with Crippen LogP contribution in [0.3, 0.4) is 0 Å². The number of anilines is 1. The molecule has 0 aliphatic carbocycles. The molecule has 3 nitrogen and oxygen atoms in total. The van der Waals surface area contributed by atoms with Crippen LogP contribution >= 0.6 is 43.5 Å². The van der Waals surface area contributed by atoms with E-state index in [4.69, 9.17) is 11.6 Å². The highest BCUT2D eigenvalue weighted by molar-refractivity contribution is 9.11. The van der Waals surface area contributed by atoms with Crippen molar-refractivity contribution < 1.29 is 0 Å². The molecule has 88 valence electrons. The molecule has 0 radical (unpaired) electrons. The molecule has 0 fully saturated rings. The van der Waals surface area contributed by atoms with Gasteiger partial charge in [0.15, 0.2) is 5.82 Å². The van der Waals surface area contributed by atoms with Gasteiger partial charge in [0, 0.05) is 28.3 Å². The number of nitrogens with zero attached hydrogens (tertiary/aromatic N) is 2. The number of aromatic nitrogens is 2. The van der Waals surface area contributed by atoms with E-state index in [1.807, 2.05) is 25.2 Å². The van der Waals surface area contributed by atoms with Crippen molar-refractivity contribution in [3.05, 3.63) is 38.4 Å². The number of rotatable bonds is 2. The van der Waals surface area contributed by atoms with E-state index in [2.05, 4.69) is 47.1 Å². The van der Waals surface area contributed by atoms with Crippen molar-refractivity contribution in [2.24, 2.45) is 0 Å². The van der Waals surface area contributed by atoms with E-state index in [0.29, 0.717) is 10.8 Å². The average Bonchev–Trinajstić information content (AvgIpc) is 2.30. The molecule has 17 heavy (non-hydrogen) atoms. The number of hydrogen-bond acceptors (Lipinski definition) is 3. The number of hydrogen-bond donors (Lipinski definition) is 1. The topological polar surface area (TPSA) is 37.8 Å². The summed E-state index contributed by atoms with van der Waals surface area (Å²) < 4.78 is 1.70. The summed E-state index contributed by atoms with van der Waals surface area (Å²) in [5.41, 5.74) is 0.901. The van der Waals surface area contributed by atoms with Crippen molar-refractivity contribution in [3.63, 3.8) is 0 Å². The van der Waals surface area contributed by atoms with Gasteiger partial charge in [0.1, 0.15) is 5.82 Å². The van der Waals surface area contributed by atoms with Gasteiger partial charge in [-0.05, 0) is 50.1 Å². The van der Waals surface area contributed by atoms with E-state index < -0.39 is 0 Å². The number of benzene rings is 1. The highest BCUT2D eigenvalue weighted by Crippen LogP contribution is 2.30. The first-order valence-electron chi connectivity index (χ1n) is 4.77. The van der Waals surface area contributed by atoms with Crippen LogP contribution in [0.5, 0.6) is 0 Å². The smallest absolute Gasteiger partial charge is 0.162 e. The quantitative estimate of drug-likeness (QED) is 0.845. The molecule has 0 saturated heterocycles. The Kier molecular flexibility index (Phi) is 4.01. The molecule has 2 rings (SSSR count). The Morgan fingerprint density at radius 3 is 2.65 bits per heavy atom. The second-order valence-electron chi connectivity index (χ2n) is 3.26. The van der Waals surface area contributed by atoms with E-state index in [-0.39, 0.29) is 0 Å². The monoisotopic (exact) mass is 375 g/mol. The molecular weight excluding hydrogens is 369 g/mol. The summed E-state index contributed by atoms with van der Waals surface area (Å²) in [6.07, 6.45) is 1.72. The Labute approximate surface area is 121 Å². The first-order chi connectivity index (χ1) is 8.11. The van der Waals surface area contributed by atoms with E-state index in [0.717, 1.165) is 20.3 Å². The summed E-state index contributed by atoms with van der Waals surface area (Å²) in [7, 11) is 1.81. The van der Waals surface area contributed by atoms with Crippen molar-refractivity contribution in [2.75, 3.05) is 12.4 Å². The molecule has 6 heteroatoms. The van der Waals surface area contributed by atoms with Crippen molar-refractivity contribution in [2.45, 2.75) is 0 Å². The Morgan fingerprint density at radius 2 is 2.00 bits per heavy atom. The summed E-state index contributed by atoms with van der Waals surface area (Å²) >= 11 is 12.7. The third-order valence-electron chi connectivity index (χ3n) is 2.15. The summed E-state index contributed by atoms with van der Waals surface area (Å²) in [6.45, 7) is 0. The van der Waals surface area contributed by atoms with Crippen LogP contribution in [-0.4, -0.2) is 17.0 Å². The summed E-state index contributed by atoms with van der Waals surface area (Å²) in [6, 6.07) is 5.52. The van der Waals surface area contributed by atoms with E-state index in [1.54, 1.807) is 6.20 Å². The zero-order valence-electron chi connectivity index (χ0n) is 8.84. The Morgan fingerprint density at radius 1 is 1.24 bits per heavy atom. The predicted molar refractivity (Wildman–Crippen MR) is 77.4 cm³/mol. The lowest BCUT2D eigenvalue weighted by molar-refractivity contribution is 1.15. The molecule has 0 unspecified atom stereocenters. The second kappa shape index (κ2) is 5.33. The van der Waals surface area contributed by atoms with Crippen LogP contribution in [-0.2, 0) is 0 Å². The first kappa shape index (κ1) is 12.8. The van der Waals surface area contributed by atoms with Gasteiger partial charge in [-0.2, -0.15) is 0 Å². The van der Waals surface area contributed by atoms with Crippen LogP contribution in [0.25, 0.3) is 11.4 Å². The Bertz CT molecular complexity index is 560. The maximum absolute atomic E-state index is 5.90. The third kappa shape index (κ3) is 2.78. The van der Waals surface area contributed by atoms with Crippen LogP contribution in [0.4, 0.5) is 5.82 Å². The Balaban J connectivity index is 2.53. The largest absolute Gasteiger partial charge is 0.372 e. The summed E-state index contributed by atoms with van der Waals surface area (Å²) in [5, 5.41) is 3.67. The van der Waals surface area contributed by atoms with Gasteiger partial charge in [0.05, 0.1) is 4.47 Å². The summed E-state index contributed by atoms with van der Waals surface area (Å²) in [5.74, 6) is 1.39. The zero-order valence-corrected chi connectivity index (χ0v) is 12.8. The molecular formula is C11H8Br2ClN3. The van der Waals surface area contributed by atoms with Gasteiger partial charge in [-0.15, -0.1) is 0 Å². The minimum Gasteiger partial charge on any atom is -0.372 e. The van der Waals surface area contributed by atoms with E-state index in [9.17, 15) is 0 Å². The van der Waals surface area contributed by atoms with Crippen molar-refractivity contribution in [1.82, 2.24) is 9.97 Å². The second-order valence-corrected chi connectivity index (χ2v) is 5.41. The molecule has 0 aliphatic rings. The van der Waals surface area contributed by atoms with Gasteiger partial charge < -0.3 is 5.32 Å². The van der Waals surface area contributed by atoms with Crippen LogP contribution in [0.15, 0.2) is 33.3 Å². The maximum atomic E-state index is 5.90. The van der Waals surface area contributed by atoms with Crippen LogP contribution in [0.2, 0.25) is 5.02 Å². The lowest BCUT2D eigenvalue weighted by atomic mass is 10.2. The summed E-state index contributed by atoms with van der Waals surface area (Å²) in [4.78, 5) is 8.69. The standard InChI is InChI=1S/C11H8Br2ClN3/c1-15-11-9(13)5-16-10(17-11)7-3-2-6(14)4-8(7)12/h2-5H,1H3,(H,15,16,17). The molecule has 0 bridgehead atoms. The highest BCUT2D eigenvalue weighted by atomic mass is 79.9. The molecule has 0 amide bonds. The SMILES string of the molecule is CNc1nc(-c2ccc(Cl)cc2Br)ncc1Br. The molecule has 0 spiro atoms. The number of nitrogens with one attached hydrogen (secondary N) is 1. The fourth-order valence-electron chi connectivity index (χ4n) is 1.34. The van der Waals surface area contributed by atoms with Crippen LogP contribution in [0.1, 0.15) is 0 Å². The van der Waals surface area contributed by atoms with Gasteiger partial charge >= 0.3 is 0 Å². The van der Waals surface area contributed by atoms with Crippen LogP contribution in [0, 0.1) is 0 Å². The Hall–Kier alpha value is -0.650. The molecule has 0 saturated carbocycles. The molecule has 1 N–H and O–H groups in total. The van der Waals surface area contributed by atoms with Gasteiger partial charge in [0.25, 0.3) is 0 Å². The van der Waals surface area contributed by atoms with Crippen LogP contribution < -0.4 is 5.32 Å². The lowest BCUT2D eigenvalue weighted by Gasteiger charge is -2.07. The lowest BCUT2D eigenvalue weighted by Crippen LogP contribution is -1.97. The van der Waals surface area contributed by atoms with Crippen molar-refractivity contribution >= 4 is 49.3 Å². The van der Waals surface area contributed by atoms with Gasteiger partial charge in [0.2, 0.25) is 0 Å². The molecule has 2 aromatic rings. The molecule has 0 aliphatic heterocycles. The minimum atomic E-state index is 0.640. The predicted octanol–water partition coefficient (Wildman–Crippen LogP) is 4.36. The zero-order chi connectivity index (χ0) is 12.4. The molecule has 1 heterocycles. The van der Waals surface area contributed by atoms with Gasteiger partial charge in [-0.25, -0.2) is 9.97 Å².